The Labute approximate surface area is 119 Å². The van der Waals surface area contributed by atoms with Crippen LogP contribution in [0.2, 0.25) is 0 Å². The number of aromatic amines is 1. The first kappa shape index (κ1) is 13.1. The van der Waals surface area contributed by atoms with Crippen LogP contribution in [0.25, 0.3) is 0 Å². The normalized spacial score (nSPS) is 15.6. The van der Waals surface area contributed by atoms with E-state index in [1.165, 1.54) is 16.7 Å². The summed E-state index contributed by atoms with van der Waals surface area (Å²) < 4.78 is 0. The van der Waals surface area contributed by atoms with Crippen LogP contribution in [0.3, 0.4) is 0 Å². The van der Waals surface area contributed by atoms with Crippen molar-refractivity contribution in [1.29, 1.82) is 0 Å². The molecular formula is C15H21N5. The summed E-state index contributed by atoms with van der Waals surface area (Å²) in [5, 5.41) is 10.7. The second-order valence-electron chi connectivity index (χ2n) is 5.41. The SMILES string of the molecule is Cc1ccc(Cc2nc(N3CCNCC3)n[nH]2)cc1C. The summed E-state index contributed by atoms with van der Waals surface area (Å²) in [6.45, 7) is 8.23. The Bertz CT molecular complexity index is 584. The highest BCUT2D eigenvalue weighted by molar-refractivity contribution is 5.33. The fourth-order valence-electron chi connectivity index (χ4n) is 2.48. The molecule has 3 rings (SSSR count). The molecule has 0 spiro atoms. The van der Waals surface area contributed by atoms with Gasteiger partial charge in [-0.3, -0.25) is 5.10 Å². The number of benzene rings is 1. The number of H-pyrrole nitrogens is 1. The summed E-state index contributed by atoms with van der Waals surface area (Å²) in [7, 11) is 0. The van der Waals surface area contributed by atoms with E-state index in [4.69, 9.17) is 0 Å². The molecule has 1 aliphatic heterocycles. The van der Waals surface area contributed by atoms with Gasteiger partial charge < -0.3 is 10.2 Å². The van der Waals surface area contributed by atoms with Crippen molar-refractivity contribution in [2.75, 3.05) is 31.1 Å². The van der Waals surface area contributed by atoms with Crippen LogP contribution in [0.15, 0.2) is 18.2 Å². The second kappa shape index (κ2) is 5.63. The zero-order valence-electron chi connectivity index (χ0n) is 12.1. The number of hydrogen-bond acceptors (Lipinski definition) is 4. The number of aryl methyl sites for hydroxylation is 2. The van der Waals surface area contributed by atoms with Crippen LogP contribution in [-0.4, -0.2) is 41.4 Å². The van der Waals surface area contributed by atoms with E-state index in [0.29, 0.717) is 0 Å². The van der Waals surface area contributed by atoms with E-state index in [-0.39, 0.29) is 0 Å². The topological polar surface area (TPSA) is 56.8 Å². The van der Waals surface area contributed by atoms with Crippen LogP contribution in [-0.2, 0) is 6.42 Å². The van der Waals surface area contributed by atoms with Crippen molar-refractivity contribution in [3.05, 3.63) is 40.7 Å². The Hall–Kier alpha value is -1.88. The summed E-state index contributed by atoms with van der Waals surface area (Å²) in [6, 6.07) is 6.55. The predicted octanol–water partition coefficient (Wildman–Crippen LogP) is 1.42. The summed E-state index contributed by atoms with van der Waals surface area (Å²) in [5.74, 6) is 1.76. The van der Waals surface area contributed by atoms with Crippen LogP contribution in [0, 0.1) is 13.8 Å². The number of aromatic nitrogens is 3. The minimum atomic E-state index is 0.806. The average Bonchev–Trinajstić information content (AvgIpc) is 2.92. The maximum Gasteiger partial charge on any atom is 0.244 e. The summed E-state index contributed by atoms with van der Waals surface area (Å²) in [5.41, 5.74) is 3.92. The molecule has 2 N–H and O–H groups in total. The minimum absolute atomic E-state index is 0.806. The largest absolute Gasteiger partial charge is 0.337 e. The van der Waals surface area contributed by atoms with Gasteiger partial charge in [-0.2, -0.15) is 4.98 Å². The number of nitrogens with one attached hydrogen (secondary N) is 2. The molecule has 0 saturated carbocycles. The lowest BCUT2D eigenvalue weighted by Gasteiger charge is -2.25. The molecule has 1 aromatic carbocycles. The van der Waals surface area contributed by atoms with E-state index in [0.717, 1.165) is 44.4 Å². The smallest absolute Gasteiger partial charge is 0.244 e. The third-order valence-electron chi connectivity index (χ3n) is 3.86. The number of anilines is 1. The number of nitrogens with zero attached hydrogens (tertiary/aromatic N) is 3. The quantitative estimate of drug-likeness (QED) is 0.886. The zero-order chi connectivity index (χ0) is 13.9. The number of hydrogen-bond donors (Lipinski definition) is 2. The molecule has 0 aliphatic carbocycles. The van der Waals surface area contributed by atoms with Crippen LogP contribution in [0.4, 0.5) is 5.95 Å². The van der Waals surface area contributed by atoms with Crippen LogP contribution in [0.5, 0.6) is 0 Å². The van der Waals surface area contributed by atoms with Crippen molar-refractivity contribution in [3.8, 4) is 0 Å². The molecule has 20 heavy (non-hydrogen) atoms. The molecule has 106 valence electrons. The molecule has 1 saturated heterocycles. The molecule has 0 bridgehead atoms. The third kappa shape index (κ3) is 2.82. The first-order valence-corrected chi connectivity index (χ1v) is 7.15. The van der Waals surface area contributed by atoms with Gasteiger partial charge in [-0.15, -0.1) is 5.10 Å². The number of piperazine rings is 1. The maximum absolute atomic E-state index is 4.61. The van der Waals surface area contributed by atoms with Crippen molar-refractivity contribution in [2.45, 2.75) is 20.3 Å². The molecule has 0 amide bonds. The Morgan fingerprint density at radius 2 is 1.95 bits per heavy atom. The Balaban J connectivity index is 1.71. The monoisotopic (exact) mass is 271 g/mol. The Morgan fingerprint density at radius 1 is 1.15 bits per heavy atom. The highest BCUT2D eigenvalue weighted by Gasteiger charge is 2.15. The van der Waals surface area contributed by atoms with E-state index in [1.807, 2.05) is 0 Å². The molecule has 5 nitrogen and oxygen atoms in total. The first-order chi connectivity index (χ1) is 9.72. The van der Waals surface area contributed by atoms with E-state index in [1.54, 1.807) is 0 Å². The zero-order valence-corrected chi connectivity index (χ0v) is 12.1. The lowest BCUT2D eigenvalue weighted by Crippen LogP contribution is -2.44. The van der Waals surface area contributed by atoms with E-state index in [2.05, 4.69) is 57.4 Å². The van der Waals surface area contributed by atoms with Gasteiger partial charge in [0.1, 0.15) is 5.82 Å². The van der Waals surface area contributed by atoms with Gasteiger partial charge in [0.25, 0.3) is 0 Å². The highest BCUT2D eigenvalue weighted by Crippen LogP contribution is 2.14. The van der Waals surface area contributed by atoms with Gasteiger partial charge >= 0.3 is 0 Å². The Morgan fingerprint density at radius 3 is 2.70 bits per heavy atom. The van der Waals surface area contributed by atoms with Crippen molar-refractivity contribution in [2.24, 2.45) is 0 Å². The summed E-state index contributed by atoms with van der Waals surface area (Å²) in [4.78, 5) is 6.83. The van der Waals surface area contributed by atoms with Crippen LogP contribution < -0.4 is 10.2 Å². The maximum atomic E-state index is 4.61. The van der Waals surface area contributed by atoms with Gasteiger partial charge in [-0.25, -0.2) is 0 Å². The van der Waals surface area contributed by atoms with E-state index >= 15 is 0 Å². The summed E-state index contributed by atoms with van der Waals surface area (Å²) >= 11 is 0. The highest BCUT2D eigenvalue weighted by atomic mass is 15.4. The van der Waals surface area contributed by atoms with Gasteiger partial charge in [0.15, 0.2) is 0 Å². The second-order valence-corrected chi connectivity index (χ2v) is 5.41. The molecule has 2 aromatic rings. The molecule has 1 aliphatic rings. The van der Waals surface area contributed by atoms with E-state index < -0.39 is 0 Å². The summed E-state index contributed by atoms with van der Waals surface area (Å²) in [6.07, 6.45) is 0.806. The minimum Gasteiger partial charge on any atom is -0.337 e. The van der Waals surface area contributed by atoms with Crippen molar-refractivity contribution in [1.82, 2.24) is 20.5 Å². The van der Waals surface area contributed by atoms with Gasteiger partial charge in [0.05, 0.1) is 0 Å². The average molecular weight is 271 g/mol. The van der Waals surface area contributed by atoms with Crippen molar-refractivity contribution >= 4 is 5.95 Å². The number of rotatable bonds is 3. The van der Waals surface area contributed by atoms with Crippen LogP contribution >= 0.6 is 0 Å². The lowest BCUT2D eigenvalue weighted by molar-refractivity contribution is 0.580. The van der Waals surface area contributed by atoms with Gasteiger partial charge in [0, 0.05) is 32.6 Å². The van der Waals surface area contributed by atoms with Crippen molar-refractivity contribution < 1.29 is 0 Å². The van der Waals surface area contributed by atoms with Crippen molar-refractivity contribution in [3.63, 3.8) is 0 Å². The van der Waals surface area contributed by atoms with Gasteiger partial charge in [-0.1, -0.05) is 18.2 Å². The molecule has 0 unspecified atom stereocenters. The first-order valence-electron chi connectivity index (χ1n) is 7.15. The standard InChI is InChI=1S/C15H21N5/c1-11-3-4-13(9-12(11)2)10-14-17-15(19-18-14)20-7-5-16-6-8-20/h3-4,9,16H,5-8,10H2,1-2H3,(H,17,18,19). The fourth-order valence-corrected chi connectivity index (χ4v) is 2.48. The van der Waals surface area contributed by atoms with E-state index in [9.17, 15) is 0 Å². The van der Waals surface area contributed by atoms with Gasteiger partial charge in [-0.05, 0) is 30.5 Å². The van der Waals surface area contributed by atoms with Crippen LogP contribution in [0.1, 0.15) is 22.5 Å². The molecule has 2 heterocycles. The molecular weight excluding hydrogens is 250 g/mol. The molecule has 1 aromatic heterocycles. The third-order valence-corrected chi connectivity index (χ3v) is 3.86. The fraction of sp³-hybridized carbons (Fsp3) is 0.467. The molecule has 0 radical (unpaired) electrons. The predicted molar refractivity (Wildman–Crippen MR) is 80.2 cm³/mol. The molecule has 1 fully saturated rings. The lowest BCUT2D eigenvalue weighted by atomic mass is 10.0. The molecule has 0 atom stereocenters. The Kier molecular flexibility index (Phi) is 3.69. The molecule has 5 heteroatoms. The van der Waals surface area contributed by atoms with Gasteiger partial charge in [0.2, 0.25) is 5.95 Å².